The van der Waals surface area contributed by atoms with Crippen molar-refractivity contribution >= 4 is 5.91 Å². The van der Waals surface area contributed by atoms with E-state index >= 15 is 0 Å². The van der Waals surface area contributed by atoms with Gasteiger partial charge in [0.05, 0.1) is 12.6 Å². The quantitative estimate of drug-likeness (QED) is 0.780. The van der Waals surface area contributed by atoms with Gasteiger partial charge >= 0.3 is 0 Å². The van der Waals surface area contributed by atoms with Gasteiger partial charge in [0.25, 0.3) is 5.95 Å². The molecule has 1 aromatic heterocycles. The van der Waals surface area contributed by atoms with Gasteiger partial charge in [-0.15, -0.1) is 0 Å². The molecule has 1 aliphatic carbocycles. The summed E-state index contributed by atoms with van der Waals surface area (Å²) in [4.78, 5) is 14.5. The molecular weight excluding hydrogens is 242 g/mol. The Bertz CT molecular complexity index is 535. The summed E-state index contributed by atoms with van der Waals surface area (Å²) in [6, 6.07) is 2.03. The van der Waals surface area contributed by atoms with Crippen molar-refractivity contribution in [2.45, 2.75) is 44.1 Å². The molecule has 102 valence electrons. The van der Waals surface area contributed by atoms with Gasteiger partial charge in [0, 0.05) is 31.0 Å². The fourth-order valence-corrected chi connectivity index (χ4v) is 4.49. The summed E-state index contributed by atoms with van der Waals surface area (Å²) >= 11 is 0. The minimum atomic E-state index is -0.0802. The number of carbonyl (C=O) groups is 1. The zero-order chi connectivity index (χ0) is 13.0. The minimum Gasteiger partial charge on any atom is -0.468 e. The van der Waals surface area contributed by atoms with Crippen molar-refractivity contribution in [1.29, 1.82) is 0 Å². The van der Waals surface area contributed by atoms with Gasteiger partial charge in [-0.25, -0.2) is 0 Å². The monoisotopic (exact) mass is 261 g/mol. The van der Waals surface area contributed by atoms with E-state index in [0.29, 0.717) is 24.2 Å². The highest BCUT2D eigenvalue weighted by Crippen LogP contribution is 2.56. The summed E-state index contributed by atoms with van der Waals surface area (Å²) in [5.74, 6) is 2.42. The molecule has 1 amide bonds. The van der Waals surface area contributed by atoms with Gasteiger partial charge < -0.3 is 14.1 Å². The molecule has 1 saturated heterocycles. The summed E-state index contributed by atoms with van der Waals surface area (Å²) in [6.07, 6.45) is 6.23. The molecule has 2 aliphatic heterocycles. The van der Waals surface area contributed by atoms with Crippen LogP contribution in [-0.4, -0.2) is 24.5 Å². The molecule has 2 fully saturated rings. The average molecular weight is 261 g/mol. The van der Waals surface area contributed by atoms with Crippen LogP contribution in [-0.2, 0) is 16.8 Å². The zero-order valence-electron chi connectivity index (χ0n) is 11.3. The third kappa shape index (κ3) is 1.32. The van der Waals surface area contributed by atoms with Gasteiger partial charge in [0.15, 0.2) is 0 Å². The van der Waals surface area contributed by atoms with Gasteiger partial charge in [0.1, 0.15) is 5.76 Å². The highest BCUT2D eigenvalue weighted by Gasteiger charge is 2.57. The normalized spacial score (nSPS) is 32.8. The lowest BCUT2D eigenvalue weighted by molar-refractivity contribution is -0.132. The molecule has 4 nitrogen and oxygen atoms in total. The zero-order valence-corrected chi connectivity index (χ0v) is 11.3. The van der Waals surface area contributed by atoms with E-state index in [1.54, 1.807) is 7.11 Å². The van der Waals surface area contributed by atoms with E-state index in [0.717, 1.165) is 31.6 Å². The third-order valence-electron chi connectivity index (χ3n) is 5.26. The Morgan fingerprint density at radius 2 is 2.37 bits per heavy atom. The van der Waals surface area contributed by atoms with Gasteiger partial charge in [-0.3, -0.25) is 4.79 Å². The lowest BCUT2D eigenvalue weighted by Crippen LogP contribution is -2.51. The Morgan fingerprint density at radius 3 is 3.21 bits per heavy atom. The largest absolute Gasteiger partial charge is 0.468 e. The Morgan fingerprint density at radius 1 is 1.47 bits per heavy atom. The van der Waals surface area contributed by atoms with Crippen LogP contribution in [0.4, 0.5) is 0 Å². The van der Waals surface area contributed by atoms with E-state index < -0.39 is 0 Å². The Kier molecular flexibility index (Phi) is 2.26. The van der Waals surface area contributed by atoms with Gasteiger partial charge in [0.2, 0.25) is 5.91 Å². The van der Waals surface area contributed by atoms with Gasteiger partial charge in [-0.2, -0.15) is 0 Å². The molecule has 0 radical (unpaired) electrons. The van der Waals surface area contributed by atoms with Crippen LogP contribution >= 0.6 is 0 Å². The lowest BCUT2D eigenvalue weighted by Gasteiger charge is -2.47. The molecule has 19 heavy (non-hydrogen) atoms. The second kappa shape index (κ2) is 3.78. The van der Waals surface area contributed by atoms with Crippen molar-refractivity contribution in [3.8, 4) is 5.95 Å². The number of methoxy groups -OCH3 is 1. The van der Waals surface area contributed by atoms with Crippen LogP contribution in [0.5, 0.6) is 5.95 Å². The van der Waals surface area contributed by atoms with E-state index in [-0.39, 0.29) is 5.54 Å². The van der Waals surface area contributed by atoms with Crippen molar-refractivity contribution in [3.05, 3.63) is 17.4 Å². The highest BCUT2D eigenvalue weighted by molar-refractivity contribution is 5.81. The fourth-order valence-electron chi connectivity index (χ4n) is 4.49. The summed E-state index contributed by atoms with van der Waals surface area (Å²) in [5.41, 5.74) is 1.15. The van der Waals surface area contributed by atoms with Crippen molar-refractivity contribution < 1.29 is 13.9 Å². The van der Waals surface area contributed by atoms with E-state index in [1.165, 1.54) is 18.4 Å². The van der Waals surface area contributed by atoms with Crippen molar-refractivity contribution in [2.24, 2.45) is 5.92 Å². The van der Waals surface area contributed by atoms with E-state index in [2.05, 4.69) is 4.90 Å². The average Bonchev–Trinajstić information content (AvgIpc) is 2.96. The second-order valence-corrected chi connectivity index (χ2v) is 5.97. The molecule has 3 heterocycles. The topological polar surface area (TPSA) is 42.7 Å². The number of furan rings is 1. The molecule has 0 aromatic carbocycles. The first-order valence-electron chi connectivity index (χ1n) is 7.23. The number of carbonyl (C=O) groups excluding carboxylic acids is 1. The SMILES string of the molecule is COc1cc2c(o1)CCN1C(=O)C[C@@H]3CCCC[C@@]231. The number of fused-ring (bicyclic) bond motifs is 1. The Hall–Kier alpha value is -1.45. The fraction of sp³-hybridized carbons (Fsp3) is 0.667. The molecule has 3 aliphatic rings. The molecule has 0 bridgehead atoms. The first-order chi connectivity index (χ1) is 9.25. The highest BCUT2D eigenvalue weighted by atomic mass is 16.6. The molecule has 0 unspecified atom stereocenters. The summed E-state index contributed by atoms with van der Waals surface area (Å²) in [6.45, 7) is 0.805. The maximum atomic E-state index is 12.3. The molecule has 0 N–H and O–H groups in total. The van der Waals surface area contributed by atoms with E-state index in [4.69, 9.17) is 9.15 Å². The molecule has 1 aromatic rings. The maximum absolute atomic E-state index is 12.3. The van der Waals surface area contributed by atoms with E-state index in [1.807, 2.05) is 6.07 Å². The van der Waals surface area contributed by atoms with Crippen LogP contribution in [0, 0.1) is 5.92 Å². The van der Waals surface area contributed by atoms with Crippen molar-refractivity contribution in [3.63, 3.8) is 0 Å². The molecule has 4 heteroatoms. The van der Waals surface area contributed by atoms with E-state index in [9.17, 15) is 4.79 Å². The number of rotatable bonds is 1. The van der Waals surface area contributed by atoms with Crippen molar-refractivity contribution in [2.75, 3.05) is 13.7 Å². The van der Waals surface area contributed by atoms with Crippen LogP contribution in [0.3, 0.4) is 0 Å². The van der Waals surface area contributed by atoms with Gasteiger partial charge in [-0.05, 0) is 18.8 Å². The second-order valence-electron chi connectivity index (χ2n) is 5.97. The Labute approximate surface area is 112 Å². The summed E-state index contributed by atoms with van der Waals surface area (Å²) < 4.78 is 11.0. The first-order valence-corrected chi connectivity index (χ1v) is 7.23. The maximum Gasteiger partial charge on any atom is 0.284 e. The number of amides is 1. The van der Waals surface area contributed by atoms with Crippen LogP contribution < -0.4 is 4.74 Å². The third-order valence-corrected chi connectivity index (χ3v) is 5.26. The van der Waals surface area contributed by atoms with Crippen molar-refractivity contribution in [1.82, 2.24) is 4.90 Å². The van der Waals surface area contributed by atoms with Crippen LogP contribution in [0.1, 0.15) is 43.4 Å². The standard InChI is InChI=1S/C15H19NO3/c1-18-14-9-11-12(19-14)5-7-16-13(17)8-10-4-2-3-6-15(10,11)16/h9-10H,2-8H2,1H3/t10-,15-/m0/s1. The van der Waals surface area contributed by atoms with Crippen LogP contribution in [0.15, 0.2) is 10.5 Å². The first kappa shape index (κ1) is 11.4. The minimum absolute atomic E-state index is 0.0802. The number of hydrogen-bond donors (Lipinski definition) is 0. The Balaban J connectivity index is 1.89. The number of nitrogens with zero attached hydrogens (tertiary/aromatic N) is 1. The summed E-state index contributed by atoms with van der Waals surface area (Å²) in [5, 5.41) is 0. The number of ether oxygens (including phenoxy) is 1. The molecule has 1 saturated carbocycles. The predicted molar refractivity (Wildman–Crippen MR) is 68.9 cm³/mol. The smallest absolute Gasteiger partial charge is 0.284 e. The number of hydrogen-bond acceptors (Lipinski definition) is 3. The lowest BCUT2D eigenvalue weighted by atomic mass is 9.68. The molecular formula is C15H19NO3. The van der Waals surface area contributed by atoms with Crippen LogP contribution in [0.25, 0.3) is 0 Å². The van der Waals surface area contributed by atoms with Gasteiger partial charge in [-0.1, -0.05) is 12.8 Å². The summed E-state index contributed by atoms with van der Waals surface area (Å²) in [7, 11) is 1.64. The molecule has 1 spiro atoms. The van der Waals surface area contributed by atoms with Crippen LogP contribution in [0.2, 0.25) is 0 Å². The predicted octanol–water partition coefficient (Wildman–Crippen LogP) is 2.46. The molecule has 4 rings (SSSR count). The molecule has 2 atom stereocenters.